The SMILES string of the molecule is Cc1ccc(N2CCC[C@H](C(=O)N(Cc3nc(-c4ccc(Cl)cc4)no3)CC(C)C)C2)cc1. The highest BCUT2D eigenvalue weighted by Crippen LogP contribution is 2.26. The zero-order valence-electron chi connectivity index (χ0n) is 19.5. The van der Waals surface area contributed by atoms with Gasteiger partial charge in [-0.3, -0.25) is 4.79 Å². The topological polar surface area (TPSA) is 62.5 Å². The number of hydrogen-bond acceptors (Lipinski definition) is 5. The molecule has 0 aliphatic carbocycles. The Morgan fingerprint density at radius 3 is 2.61 bits per heavy atom. The summed E-state index contributed by atoms with van der Waals surface area (Å²) in [5.74, 6) is 1.40. The molecule has 2 heterocycles. The number of carbonyl (C=O) groups is 1. The molecule has 4 rings (SSSR count). The van der Waals surface area contributed by atoms with Gasteiger partial charge in [0.25, 0.3) is 0 Å². The molecule has 1 aliphatic heterocycles. The number of anilines is 1. The molecule has 0 spiro atoms. The van der Waals surface area contributed by atoms with E-state index in [0.29, 0.717) is 35.7 Å². The quantitative estimate of drug-likeness (QED) is 0.453. The van der Waals surface area contributed by atoms with Gasteiger partial charge in [0.1, 0.15) is 6.54 Å². The normalized spacial score (nSPS) is 16.3. The summed E-state index contributed by atoms with van der Waals surface area (Å²) in [6, 6.07) is 15.8. The Labute approximate surface area is 200 Å². The van der Waals surface area contributed by atoms with Gasteiger partial charge in [-0.15, -0.1) is 0 Å². The van der Waals surface area contributed by atoms with E-state index < -0.39 is 0 Å². The first-order valence-corrected chi connectivity index (χ1v) is 12.0. The van der Waals surface area contributed by atoms with Gasteiger partial charge in [0.2, 0.25) is 17.6 Å². The maximum Gasteiger partial charge on any atom is 0.246 e. The Hall–Kier alpha value is -2.86. The average Bonchev–Trinajstić information content (AvgIpc) is 3.27. The van der Waals surface area contributed by atoms with Crippen LogP contribution in [0.3, 0.4) is 0 Å². The van der Waals surface area contributed by atoms with Crippen molar-refractivity contribution in [2.45, 2.75) is 40.2 Å². The van der Waals surface area contributed by atoms with Crippen molar-refractivity contribution in [2.24, 2.45) is 11.8 Å². The second-order valence-electron chi connectivity index (χ2n) is 9.25. The van der Waals surface area contributed by atoms with Crippen LogP contribution in [0.4, 0.5) is 5.69 Å². The summed E-state index contributed by atoms with van der Waals surface area (Å²) in [5.41, 5.74) is 3.25. The van der Waals surface area contributed by atoms with Crippen molar-refractivity contribution >= 4 is 23.2 Å². The summed E-state index contributed by atoms with van der Waals surface area (Å²) in [5, 5.41) is 4.76. The van der Waals surface area contributed by atoms with Gasteiger partial charge in [0.05, 0.1) is 5.92 Å². The van der Waals surface area contributed by atoms with Crippen LogP contribution in [0.1, 0.15) is 38.1 Å². The first kappa shape index (κ1) is 23.3. The molecule has 0 saturated carbocycles. The molecule has 0 radical (unpaired) electrons. The largest absolute Gasteiger partial charge is 0.371 e. The van der Waals surface area contributed by atoms with Gasteiger partial charge in [-0.05, 0) is 62.1 Å². The number of piperidine rings is 1. The minimum absolute atomic E-state index is 0.0440. The van der Waals surface area contributed by atoms with Crippen LogP contribution < -0.4 is 4.90 Å². The van der Waals surface area contributed by atoms with Crippen molar-refractivity contribution in [1.29, 1.82) is 0 Å². The highest BCUT2D eigenvalue weighted by atomic mass is 35.5. The Balaban J connectivity index is 1.47. The third-order valence-corrected chi connectivity index (χ3v) is 6.22. The van der Waals surface area contributed by atoms with E-state index in [1.165, 1.54) is 11.3 Å². The van der Waals surface area contributed by atoms with Gasteiger partial charge in [0, 0.05) is 35.9 Å². The van der Waals surface area contributed by atoms with Gasteiger partial charge in [-0.25, -0.2) is 0 Å². The van der Waals surface area contributed by atoms with Gasteiger partial charge in [0.15, 0.2) is 0 Å². The number of hydrogen-bond donors (Lipinski definition) is 0. The van der Waals surface area contributed by atoms with Crippen LogP contribution in [0.5, 0.6) is 0 Å². The molecular weight excluding hydrogens is 436 g/mol. The summed E-state index contributed by atoms with van der Waals surface area (Å²) < 4.78 is 5.50. The van der Waals surface area contributed by atoms with E-state index in [1.54, 1.807) is 12.1 Å². The zero-order valence-corrected chi connectivity index (χ0v) is 20.3. The molecule has 0 bridgehead atoms. The number of aromatic nitrogens is 2. The molecule has 0 N–H and O–H groups in total. The van der Waals surface area contributed by atoms with Gasteiger partial charge in [-0.2, -0.15) is 4.98 Å². The predicted molar refractivity (Wildman–Crippen MR) is 131 cm³/mol. The Morgan fingerprint density at radius 1 is 1.18 bits per heavy atom. The smallest absolute Gasteiger partial charge is 0.246 e. The van der Waals surface area contributed by atoms with Gasteiger partial charge in [-0.1, -0.05) is 48.3 Å². The van der Waals surface area contributed by atoms with Gasteiger partial charge < -0.3 is 14.3 Å². The van der Waals surface area contributed by atoms with E-state index in [1.807, 2.05) is 17.0 Å². The van der Waals surface area contributed by atoms with Crippen LogP contribution in [-0.2, 0) is 11.3 Å². The maximum absolute atomic E-state index is 13.6. The molecule has 1 atom stereocenters. The van der Waals surface area contributed by atoms with E-state index in [4.69, 9.17) is 16.1 Å². The molecule has 1 fully saturated rings. The Kier molecular flexibility index (Phi) is 7.33. The fourth-order valence-electron chi connectivity index (χ4n) is 4.30. The molecule has 1 saturated heterocycles. The third kappa shape index (κ3) is 5.93. The van der Waals surface area contributed by atoms with Crippen molar-refractivity contribution in [3.8, 4) is 11.4 Å². The molecule has 1 aromatic heterocycles. The maximum atomic E-state index is 13.6. The summed E-state index contributed by atoms with van der Waals surface area (Å²) in [6.07, 6.45) is 1.90. The lowest BCUT2D eigenvalue weighted by Crippen LogP contribution is -2.45. The van der Waals surface area contributed by atoms with Crippen LogP contribution in [0.25, 0.3) is 11.4 Å². The number of halogens is 1. The van der Waals surface area contributed by atoms with Crippen LogP contribution in [-0.4, -0.2) is 40.6 Å². The van der Waals surface area contributed by atoms with E-state index in [2.05, 4.69) is 60.1 Å². The summed E-state index contributed by atoms with van der Waals surface area (Å²) in [6.45, 7) is 9.00. The average molecular weight is 467 g/mol. The lowest BCUT2D eigenvalue weighted by molar-refractivity contribution is -0.137. The lowest BCUT2D eigenvalue weighted by Gasteiger charge is -2.36. The van der Waals surface area contributed by atoms with Crippen LogP contribution in [0.15, 0.2) is 53.1 Å². The van der Waals surface area contributed by atoms with E-state index in [0.717, 1.165) is 31.5 Å². The summed E-state index contributed by atoms with van der Waals surface area (Å²) in [7, 11) is 0. The number of benzene rings is 2. The van der Waals surface area contributed by atoms with Crippen LogP contribution in [0, 0.1) is 18.8 Å². The third-order valence-electron chi connectivity index (χ3n) is 5.96. The highest BCUT2D eigenvalue weighted by molar-refractivity contribution is 6.30. The van der Waals surface area contributed by atoms with Gasteiger partial charge >= 0.3 is 0 Å². The zero-order chi connectivity index (χ0) is 23.4. The van der Waals surface area contributed by atoms with E-state index >= 15 is 0 Å². The number of aryl methyl sites for hydroxylation is 1. The van der Waals surface area contributed by atoms with Crippen molar-refractivity contribution < 1.29 is 9.32 Å². The molecule has 0 unspecified atom stereocenters. The summed E-state index contributed by atoms with van der Waals surface area (Å²) in [4.78, 5) is 22.3. The van der Waals surface area contributed by atoms with E-state index in [-0.39, 0.29) is 11.8 Å². The number of nitrogens with zero attached hydrogens (tertiary/aromatic N) is 4. The molecule has 1 aliphatic rings. The van der Waals surface area contributed by atoms with E-state index in [9.17, 15) is 4.79 Å². The first-order chi connectivity index (χ1) is 15.9. The molecule has 7 heteroatoms. The second-order valence-corrected chi connectivity index (χ2v) is 9.69. The second kappa shape index (κ2) is 10.4. The molecular formula is C26H31ClN4O2. The number of rotatable bonds is 7. The molecule has 1 amide bonds. The molecule has 2 aromatic carbocycles. The number of amides is 1. The molecule has 3 aromatic rings. The Bertz CT molecular complexity index is 1060. The summed E-state index contributed by atoms with van der Waals surface area (Å²) >= 11 is 5.97. The Morgan fingerprint density at radius 2 is 1.91 bits per heavy atom. The lowest BCUT2D eigenvalue weighted by atomic mass is 9.95. The highest BCUT2D eigenvalue weighted by Gasteiger charge is 2.30. The van der Waals surface area contributed by atoms with Crippen LogP contribution in [0.2, 0.25) is 5.02 Å². The van der Waals surface area contributed by atoms with Crippen molar-refractivity contribution in [3.63, 3.8) is 0 Å². The van der Waals surface area contributed by atoms with Crippen LogP contribution >= 0.6 is 11.6 Å². The fraction of sp³-hybridized carbons (Fsp3) is 0.423. The fourth-order valence-corrected chi connectivity index (χ4v) is 4.42. The minimum Gasteiger partial charge on any atom is -0.371 e. The van der Waals surface area contributed by atoms with Crippen molar-refractivity contribution in [2.75, 3.05) is 24.5 Å². The molecule has 33 heavy (non-hydrogen) atoms. The van der Waals surface area contributed by atoms with Crippen molar-refractivity contribution in [1.82, 2.24) is 15.0 Å². The standard InChI is InChI=1S/C26H31ClN4O2/c1-18(2)15-31(17-24-28-25(29-33-24)20-8-10-22(27)11-9-20)26(32)21-5-4-14-30(16-21)23-12-6-19(3)7-13-23/h6-13,18,21H,4-5,14-17H2,1-3H3/t21-/m0/s1. The molecule has 6 nitrogen and oxygen atoms in total. The predicted octanol–water partition coefficient (Wildman–Crippen LogP) is 5.60. The van der Waals surface area contributed by atoms with Crippen molar-refractivity contribution in [3.05, 3.63) is 65.0 Å². The molecule has 174 valence electrons. The first-order valence-electron chi connectivity index (χ1n) is 11.6. The minimum atomic E-state index is -0.0440. The number of carbonyl (C=O) groups excluding carboxylic acids is 1. The monoisotopic (exact) mass is 466 g/mol.